The molecule has 4 N–H and O–H groups in total. The lowest BCUT2D eigenvalue weighted by molar-refractivity contribution is 0.282. The van der Waals surface area contributed by atoms with Crippen LogP contribution in [0.3, 0.4) is 0 Å². The Bertz CT molecular complexity index is 3400. The molecule has 0 aliphatic rings. The molecule has 0 aliphatic carbocycles. The predicted octanol–water partition coefficient (Wildman–Crippen LogP) is 8.03. The zero-order valence-corrected chi connectivity index (χ0v) is 44.3. The fourth-order valence-electron chi connectivity index (χ4n) is 6.33. The van der Waals surface area contributed by atoms with Gasteiger partial charge in [0.05, 0.1) is 54.1 Å². The van der Waals surface area contributed by atoms with Crippen molar-refractivity contribution in [1.82, 2.24) is 15.0 Å². The van der Waals surface area contributed by atoms with Crippen LogP contribution >= 0.6 is 23.2 Å². The maximum Gasteiger partial charge on any atom is 0.425 e. The minimum absolute atomic E-state index is 0.0302. The molecule has 0 aliphatic heterocycles. The van der Waals surface area contributed by atoms with Gasteiger partial charge in [0.2, 0.25) is 5.95 Å². The van der Waals surface area contributed by atoms with Crippen molar-refractivity contribution >= 4 is 93.4 Å². The van der Waals surface area contributed by atoms with Crippen LogP contribution in [0.5, 0.6) is 17.2 Å². The zero-order valence-electron chi connectivity index (χ0n) is 39.5. The number of ether oxygens (including phenoxy) is 3. The fourth-order valence-corrected chi connectivity index (χ4v) is 7.94. The maximum absolute atomic E-state index is 12.0. The lowest BCUT2D eigenvalue weighted by Gasteiger charge is -2.15. The molecule has 0 bridgehead atoms. The van der Waals surface area contributed by atoms with Gasteiger partial charge in [-0.05, 0) is 72.9 Å². The third kappa shape index (κ3) is 21.8. The van der Waals surface area contributed by atoms with Crippen LogP contribution in [0.2, 0.25) is 10.0 Å². The van der Waals surface area contributed by atoms with E-state index in [1.165, 1.54) is 25.3 Å². The Kier molecular flexibility index (Phi) is 24.2. The van der Waals surface area contributed by atoms with Crippen LogP contribution in [0.1, 0.15) is 53.7 Å². The third-order valence-corrected chi connectivity index (χ3v) is 11.9. The highest BCUT2D eigenvalue weighted by molar-refractivity contribution is 7.86. The molecule has 0 spiro atoms. The molecule has 24 nitrogen and oxygen atoms in total. The molecule has 400 valence electrons. The Labute approximate surface area is 443 Å². The first-order chi connectivity index (χ1) is 35.6. The van der Waals surface area contributed by atoms with Gasteiger partial charge in [-0.1, -0.05) is 72.6 Å². The van der Waals surface area contributed by atoms with Crippen LogP contribution in [0.4, 0.5) is 28.7 Å². The van der Waals surface area contributed by atoms with Gasteiger partial charge in [0, 0.05) is 42.6 Å². The van der Waals surface area contributed by atoms with Crippen molar-refractivity contribution < 1.29 is 70.5 Å². The van der Waals surface area contributed by atoms with Gasteiger partial charge < -0.3 is 24.6 Å². The summed E-state index contributed by atoms with van der Waals surface area (Å²) in [6.45, 7) is 2.64. The molecule has 6 rings (SSSR count). The van der Waals surface area contributed by atoms with Gasteiger partial charge >= 0.3 is 21.2 Å². The Morgan fingerprint density at radius 1 is 0.640 bits per heavy atom. The van der Waals surface area contributed by atoms with E-state index in [0.29, 0.717) is 64.5 Å². The molecule has 75 heavy (non-hydrogen) atoms. The van der Waals surface area contributed by atoms with Gasteiger partial charge in [0.15, 0.2) is 0 Å². The van der Waals surface area contributed by atoms with Crippen LogP contribution in [0.25, 0.3) is 0 Å². The van der Waals surface area contributed by atoms with Gasteiger partial charge in [-0.3, -0.25) is 9.11 Å². The molecular formula is C45H46Cl2N8O16S4. The van der Waals surface area contributed by atoms with E-state index in [1.807, 2.05) is 37.3 Å². The van der Waals surface area contributed by atoms with Crippen molar-refractivity contribution in [2.75, 3.05) is 37.9 Å². The van der Waals surface area contributed by atoms with Gasteiger partial charge in [0.1, 0.15) is 45.2 Å². The number of aliphatic hydroxyl groups is 1. The largest absolute Gasteiger partial charge is 0.495 e. The number of aliphatic hydroxyl groups excluding tert-OH is 1. The molecule has 1 heterocycles. The number of benzene rings is 5. The van der Waals surface area contributed by atoms with Gasteiger partial charge in [0.25, 0.3) is 20.2 Å². The summed E-state index contributed by atoms with van der Waals surface area (Å²) in [5.41, 5.74) is 4.05. The van der Waals surface area contributed by atoms with E-state index < -0.39 is 52.1 Å². The number of halogens is 2. The van der Waals surface area contributed by atoms with Crippen molar-refractivity contribution in [3.05, 3.63) is 141 Å². The summed E-state index contributed by atoms with van der Waals surface area (Å²) >= 11 is 13.6. The SMILES string of the molecule is CCCOc1cc(N=Nc2ccc(CO)cc2)c(Cl)cc1Cc1nc(Cc2cc(Cl)c(N=Nc3ccc(OC)c(S(=O)(=O)O)c3)cc2OCCCS(=O)(=O)O)nc(NCCc2ccccc2)n1.O=S(=O)=O.O=S(=O)=O. The number of nitrogens with zero attached hydrogens (tertiary/aromatic N) is 7. The summed E-state index contributed by atoms with van der Waals surface area (Å²) < 4.78 is 134. The maximum atomic E-state index is 12.0. The quantitative estimate of drug-likeness (QED) is 0.0268. The molecular weight excluding hydrogens is 1110 g/mol. The van der Waals surface area contributed by atoms with E-state index >= 15 is 0 Å². The number of nitrogens with one attached hydrogen (secondary N) is 1. The minimum Gasteiger partial charge on any atom is -0.495 e. The lowest BCUT2D eigenvalue weighted by atomic mass is 10.1. The van der Waals surface area contributed by atoms with Crippen LogP contribution in [-0.2, 0) is 67.3 Å². The molecule has 6 aromatic rings. The van der Waals surface area contributed by atoms with E-state index in [-0.39, 0.29) is 66.3 Å². The Balaban J connectivity index is 0.00000142. The highest BCUT2D eigenvalue weighted by Crippen LogP contribution is 2.38. The molecule has 0 saturated carbocycles. The van der Waals surface area contributed by atoms with E-state index in [9.17, 15) is 31.0 Å². The zero-order chi connectivity index (χ0) is 55.1. The minimum atomic E-state index is -4.67. The second kappa shape index (κ2) is 29.9. The van der Waals surface area contributed by atoms with E-state index in [1.54, 1.807) is 42.5 Å². The Morgan fingerprint density at radius 3 is 1.65 bits per heavy atom. The number of anilines is 1. The normalized spacial score (nSPS) is 11.3. The van der Waals surface area contributed by atoms with Crippen LogP contribution in [0.15, 0.2) is 122 Å². The van der Waals surface area contributed by atoms with Crippen LogP contribution < -0.4 is 19.5 Å². The van der Waals surface area contributed by atoms with E-state index in [4.69, 9.17) is 77.6 Å². The highest BCUT2D eigenvalue weighted by atomic mass is 35.5. The summed E-state index contributed by atoms with van der Waals surface area (Å²) in [4.78, 5) is 13.8. The average Bonchev–Trinajstić information content (AvgIpc) is 3.34. The topological polar surface area (TPSA) is 359 Å². The van der Waals surface area contributed by atoms with Gasteiger partial charge in [-0.25, -0.2) is 4.98 Å². The first-order valence-corrected chi connectivity index (χ1v) is 27.5. The second-order valence-corrected chi connectivity index (χ2v) is 19.7. The molecule has 0 saturated heterocycles. The smallest absolute Gasteiger partial charge is 0.425 e. The molecule has 0 amide bonds. The Hall–Kier alpha value is -6.89. The number of hydrogen-bond donors (Lipinski definition) is 4. The van der Waals surface area contributed by atoms with Crippen molar-refractivity contribution in [2.45, 2.75) is 50.5 Å². The number of aromatic nitrogens is 3. The van der Waals surface area contributed by atoms with Crippen molar-refractivity contribution in [3.8, 4) is 17.2 Å². The molecule has 1 aromatic heterocycles. The first kappa shape index (κ1) is 60.7. The van der Waals surface area contributed by atoms with E-state index in [2.05, 4.69) is 25.8 Å². The summed E-state index contributed by atoms with van der Waals surface area (Å²) in [7, 11) is -13.9. The molecule has 0 fully saturated rings. The summed E-state index contributed by atoms with van der Waals surface area (Å²) in [5.74, 6) is 0.994. The summed E-state index contributed by atoms with van der Waals surface area (Å²) in [6.07, 6.45) is 1.52. The first-order valence-electron chi connectivity index (χ1n) is 21.7. The van der Waals surface area contributed by atoms with Gasteiger partial charge in [-0.15, -0.1) is 35.5 Å². The predicted molar refractivity (Wildman–Crippen MR) is 272 cm³/mol. The number of azo groups is 2. The monoisotopic (exact) mass is 1150 g/mol. The fraction of sp³-hybridized carbons (Fsp3) is 0.267. The molecule has 30 heteroatoms. The van der Waals surface area contributed by atoms with Crippen LogP contribution in [-0.4, -0.2) is 104 Å². The third-order valence-electron chi connectivity index (χ3n) is 9.58. The molecule has 0 radical (unpaired) electrons. The molecule has 0 atom stereocenters. The lowest BCUT2D eigenvalue weighted by Crippen LogP contribution is -2.14. The standard InChI is InChI=1S/C45H46Cl2N8O10S2.2O3S/c1-3-18-64-40-26-37(54-52-33-12-10-30(28-56)11-13-33)35(46)21-31(40)23-43-49-44(51-45(50-43)48-17-16-29-8-5-4-6-9-29)24-32-22-36(47)38(27-41(32)65-19-7-20-66(57,58)59)55-53-34-14-15-39(63-2)42(25-34)67(60,61)62;2*1-4(2)3/h4-6,8-15,21-22,25-27,56H,3,7,16-20,23-24,28H2,1-2H3,(H,57,58,59)(H,60,61,62)(H,48,49,50,51);;. The van der Waals surface area contributed by atoms with Crippen molar-refractivity contribution in [2.24, 2.45) is 20.5 Å². The summed E-state index contributed by atoms with van der Waals surface area (Å²) in [6, 6.07) is 27.1. The number of methoxy groups -OCH3 is 1. The summed E-state index contributed by atoms with van der Waals surface area (Å²) in [5, 5.41) is 30.1. The Morgan fingerprint density at radius 2 is 1.16 bits per heavy atom. The highest BCUT2D eigenvalue weighted by Gasteiger charge is 2.20. The average molecular weight is 1150 g/mol. The number of rotatable bonds is 23. The van der Waals surface area contributed by atoms with Crippen molar-refractivity contribution in [3.63, 3.8) is 0 Å². The van der Waals surface area contributed by atoms with Crippen molar-refractivity contribution in [1.29, 1.82) is 0 Å². The van der Waals surface area contributed by atoms with Crippen LogP contribution in [0, 0.1) is 0 Å². The molecule has 5 aromatic carbocycles. The van der Waals surface area contributed by atoms with Gasteiger partial charge in [-0.2, -0.15) is 37.0 Å². The van der Waals surface area contributed by atoms with E-state index in [0.717, 1.165) is 23.6 Å². The number of hydrogen-bond acceptors (Lipinski definition) is 22. The second-order valence-electron chi connectivity index (χ2n) is 15.1. The molecule has 0 unspecified atom stereocenters.